The van der Waals surface area contributed by atoms with Crippen molar-refractivity contribution in [2.75, 3.05) is 12.9 Å². The van der Waals surface area contributed by atoms with Gasteiger partial charge in [-0.05, 0) is 44.0 Å². The molecule has 1 heterocycles. The summed E-state index contributed by atoms with van der Waals surface area (Å²) >= 11 is 1.64. The quantitative estimate of drug-likeness (QED) is 0.786. The first-order chi connectivity index (χ1) is 12.9. The second-order valence-corrected chi connectivity index (χ2v) is 8.49. The number of rotatable bonds is 6. The number of thioether (sulfide) groups is 1. The van der Waals surface area contributed by atoms with E-state index in [-0.39, 0.29) is 17.6 Å². The highest BCUT2D eigenvalue weighted by molar-refractivity contribution is 7.99. The van der Waals surface area contributed by atoms with Crippen molar-refractivity contribution in [1.29, 1.82) is 0 Å². The number of methoxy groups -OCH3 is 1. The van der Waals surface area contributed by atoms with Gasteiger partial charge in [0, 0.05) is 23.8 Å². The molecule has 1 amide bonds. The Bertz CT molecular complexity index is 819. The molecule has 5 heteroatoms. The molecule has 4 nitrogen and oxygen atoms in total. The summed E-state index contributed by atoms with van der Waals surface area (Å²) in [5.74, 6) is 2.87. The molecule has 0 spiro atoms. The molecule has 0 saturated heterocycles. The van der Waals surface area contributed by atoms with Crippen LogP contribution in [0, 0.1) is 6.92 Å². The topological polar surface area (TPSA) is 47.6 Å². The van der Waals surface area contributed by atoms with E-state index in [1.165, 1.54) is 11.1 Å². The Kier molecular flexibility index (Phi) is 6.00. The summed E-state index contributed by atoms with van der Waals surface area (Å²) in [5.41, 5.74) is 3.21. The minimum Gasteiger partial charge on any atom is -0.497 e. The van der Waals surface area contributed by atoms with E-state index in [2.05, 4.69) is 24.4 Å². The van der Waals surface area contributed by atoms with Crippen molar-refractivity contribution in [1.82, 2.24) is 5.32 Å². The average Bonchev–Trinajstić information content (AvgIpc) is 2.61. The molecule has 2 aromatic rings. The Morgan fingerprint density at radius 2 is 2.07 bits per heavy atom. The summed E-state index contributed by atoms with van der Waals surface area (Å²) in [6.45, 7) is 6.19. The van der Waals surface area contributed by atoms with Gasteiger partial charge < -0.3 is 14.8 Å². The molecule has 0 saturated carbocycles. The zero-order chi connectivity index (χ0) is 19.4. The van der Waals surface area contributed by atoms with E-state index in [1.807, 2.05) is 44.2 Å². The zero-order valence-electron chi connectivity index (χ0n) is 16.4. The number of aryl methyl sites for hydroxylation is 1. The Hall–Kier alpha value is -2.14. The average molecular weight is 386 g/mol. The van der Waals surface area contributed by atoms with E-state index >= 15 is 0 Å². The number of fused-ring (bicyclic) bond motifs is 1. The second-order valence-electron chi connectivity index (χ2n) is 7.51. The maximum atomic E-state index is 12.5. The molecule has 1 N–H and O–H groups in total. The molecular formula is C22H27NO3S. The largest absolute Gasteiger partial charge is 0.497 e. The van der Waals surface area contributed by atoms with E-state index in [0.717, 1.165) is 29.2 Å². The van der Waals surface area contributed by atoms with Crippen LogP contribution in [0.4, 0.5) is 0 Å². The Morgan fingerprint density at radius 3 is 2.81 bits per heavy atom. The van der Waals surface area contributed by atoms with E-state index in [4.69, 9.17) is 9.47 Å². The zero-order valence-corrected chi connectivity index (χ0v) is 17.2. The lowest BCUT2D eigenvalue weighted by Crippen LogP contribution is -2.41. The van der Waals surface area contributed by atoms with Gasteiger partial charge in [-0.1, -0.05) is 24.3 Å². The number of amides is 1. The molecule has 0 radical (unpaired) electrons. The van der Waals surface area contributed by atoms with Gasteiger partial charge in [-0.15, -0.1) is 11.8 Å². The van der Waals surface area contributed by atoms with Crippen molar-refractivity contribution < 1.29 is 14.3 Å². The van der Waals surface area contributed by atoms with E-state index in [0.29, 0.717) is 5.75 Å². The van der Waals surface area contributed by atoms with Gasteiger partial charge in [-0.25, -0.2) is 0 Å². The summed E-state index contributed by atoms with van der Waals surface area (Å²) in [7, 11) is 1.64. The number of hydrogen-bond donors (Lipinski definition) is 1. The summed E-state index contributed by atoms with van der Waals surface area (Å²) in [5, 5.41) is 3.19. The number of nitrogens with one attached hydrogen (secondary N) is 1. The molecular weight excluding hydrogens is 358 g/mol. The summed E-state index contributed by atoms with van der Waals surface area (Å²) in [4.78, 5) is 12.5. The third-order valence-electron chi connectivity index (χ3n) is 4.77. The smallest absolute Gasteiger partial charge is 0.230 e. The normalized spacial score (nSPS) is 17.6. The molecule has 0 aliphatic carbocycles. The number of carbonyl (C=O) groups is 1. The third-order valence-corrected chi connectivity index (χ3v) is 5.75. The first-order valence-electron chi connectivity index (χ1n) is 9.16. The molecule has 0 aromatic heterocycles. The Balaban J connectivity index is 1.63. The standard InChI is InChI=1S/C22H27NO3S/c1-15-7-5-6-8-16(15)13-27-14-21(24)23-19-12-22(2,3)26-20-11-17(25-4)9-10-18(19)20/h5-11,19H,12-14H2,1-4H3,(H,23,24)/t19-/m0/s1. The van der Waals surface area contributed by atoms with Gasteiger partial charge in [-0.3, -0.25) is 4.79 Å². The fraction of sp³-hybridized carbons (Fsp3) is 0.409. The van der Waals surface area contributed by atoms with Crippen LogP contribution in [0.5, 0.6) is 11.5 Å². The maximum Gasteiger partial charge on any atom is 0.230 e. The van der Waals surface area contributed by atoms with Gasteiger partial charge in [0.05, 0.1) is 18.9 Å². The van der Waals surface area contributed by atoms with Crippen LogP contribution in [-0.4, -0.2) is 24.4 Å². The molecule has 1 atom stereocenters. The van der Waals surface area contributed by atoms with Gasteiger partial charge in [0.15, 0.2) is 0 Å². The van der Waals surface area contributed by atoms with Crippen LogP contribution < -0.4 is 14.8 Å². The van der Waals surface area contributed by atoms with Crippen LogP contribution in [-0.2, 0) is 10.5 Å². The minimum absolute atomic E-state index is 0.0538. The van der Waals surface area contributed by atoms with Crippen LogP contribution in [0.2, 0.25) is 0 Å². The Labute approximate surface area is 165 Å². The molecule has 3 rings (SSSR count). The van der Waals surface area contributed by atoms with Gasteiger partial charge in [0.25, 0.3) is 0 Å². The minimum atomic E-state index is -0.342. The van der Waals surface area contributed by atoms with E-state index in [1.54, 1.807) is 18.9 Å². The first-order valence-corrected chi connectivity index (χ1v) is 10.3. The van der Waals surface area contributed by atoms with Crippen LogP contribution in [0.3, 0.4) is 0 Å². The fourth-order valence-electron chi connectivity index (χ4n) is 3.35. The predicted molar refractivity (Wildman–Crippen MR) is 111 cm³/mol. The molecule has 144 valence electrons. The van der Waals surface area contributed by atoms with Gasteiger partial charge in [0.1, 0.15) is 17.1 Å². The van der Waals surface area contributed by atoms with Gasteiger partial charge >= 0.3 is 0 Å². The van der Waals surface area contributed by atoms with Crippen molar-refractivity contribution in [3.05, 3.63) is 59.2 Å². The molecule has 0 fully saturated rings. The van der Waals surface area contributed by atoms with Crippen LogP contribution in [0.25, 0.3) is 0 Å². The van der Waals surface area contributed by atoms with Gasteiger partial charge in [0.2, 0.25) is 5.91 Å². The monoisotopic (exact) mass is 385 g/mol. The SMILES string of the molecule is COc1ccc2c(c1)OC(C)(C)C[C@@H]2NC(=O)CSCc1ccccc1C. The number of hydrogen-bond acceptors (Lipinski definition) is 4. The third kappa shape index (κ3) is 4.98. The second kappa shape index (κ2) is 8.26. The first kappa shape index (κ1) is 19.6. The lowest BCUT2D eigenvalue weighted by molar-refractivity contribution is -0.119. The number of carbonyl (C=O) groups excluding carboxylic acids is 1. The van der Waals surface area contributed by atoms with Crippen molar-refractivity contribution in [3.63, 3.8) is 0 Å². The van der Waals surface area contributed by atoms with Crippen LogP contribution in [0.1, 0.15) is 43.0 Å². The fourth-order valence-corrected chi connectivity index (χ4v) is 4.26. The van der Waals surface area contributed by atoms with Crippen molar-refractivity contribution in [3.8, 4) is 11.5 Å². The number of benzene rings is 2. The highest BCUT2D eigenvalue weighted by Gasteiger charge is 2.34. The van der Waals surface area contributed by atoms with Crippen LogP contribution in [0.15, 0.2) is 42.5 Å². The van der Waals surface area contributed by atoms with Crippen molar-refractivity contribution in [2.45, 2.75) is 44.6 Å². The molecule has 2 aromatic carbocycles. The van der Waals surface area contributed by atoms with Crippen molar-refractivity contribution in [2.24, 2.45) is 0 Å². The Morgan fingerprint density at radius 1 is 1.30 bits per heavy atom. The predicted octanol–water partition coefficient (Wildman–Crippen LogP) is 4.66. The summed E-state index contributed by atoms with van der Waals surface area (Å²) in [6.07, 6.45) is 0.737. The molecule has 0 unspecified atom stereocenters. The van der Waals surface area contributed by atoms with Gasteiger partial charge in [-0.2, -0.15) is 0 Å². The van der Waals surface area contributed by atoms with E-state index in [9.17, 15) is 4.79 Å². The lowest BCUT2D eigenvalue weighted by atomic mass is 9.89. The maximum absolute atomic E-state index is 12.5. The highest BCUT2D eigenvalue weighted by Crippen LogP contribution is 2.41. The summed E-state index contributed by atoms with van der Waals surface area (Å²) in [6, 6.07) is 14.0. The molecule has 0 bridgehead atoms. The molecule has 27 heavy (non-hydrogen) atoms. The highest BCUT2D eigenvalue weighted by atomic mass is 32.2. The summed E-state index contributed by atoms with van der Waals surface area (Å²) < 4.78 is 11.4. The molecule has 1 aliphatic heterocycles. The molecule has 1 aliphatic rings. The number of ether oxygens (including phenoxy) is 2. The lowest BCUT2D eigenvalue weighted by Gasteiger charge is -2.38. The van der Waals surface area contributed by atoms with E-state index < -0.39 is 0 Å². The van der Waals surface area contributed by atoms with Crippen molar-refractivity contribution >= 4 is 17.7 Å². The van der Waals surface area contributed by atoms with Crippen LogP contribution >= 0.6 is 11.8 Å².